The Morgan fingerprint density at radius 3 is 2.48 bits per heavy atom. The Balaban J connectivity index is 0.00000312. The molecule has 142 valence electrons. The number of likely N-dealkylation sites (tertiary alicyclic amines) is 1. The Bertz CT molecular complexity index is 587. The zero-order valence-corrected chi connectivity index (χ0v) is 15.4. The monoisotopic (exact) mass is 378 g/mol. The number of amides is 1. The minimum Gasteiger partial charge on any atom is -0.487 e. The SMILES string of the molecule is CC(=O)N1C[C@H](c2ccc(OC(F)F)c(OC(C)C)c2)C[C@@H]1CN.Cl. The van der Waals surface area contributed by atoms with E-state index in [0.29, 0.717) is 13.1 Å². The van der Waals surface area contributed by atoms with E-state index >= 15 is 0 Å². The molecule has 0 saturated carbocycles. The fourth-order valence-electron chi connectivity index (χ4n) is 3.09. The summed E-state index contributed by atoms with van der Waals surface area (Å²) >= 11 is 0. The van der Waals surface area contributed by atoms with Crippen molar-refractivity contribution >= 4 is 18.3 Å². The highest BCUT2D eigenvalue weighted by Crippen LogP contribution is 2.37. The molecule has 0 radical (unpaired) electrons. The molecule has 25 heavy (non-hydrogen) atoms. The second-order valence-electron chi connectivity index (χ2n) is 6.24. The van der Waals surface area contributed by atoms with Gasteiger partial charge >= 0.3 is 6.61 Å². The van der Waals surface area contributed by atoms with Crippen LogP contribution in [0.3, 0.4) is 0 Å². The summed E-state index contributed by atoms with van der Waals surface area (Å²) in [6, 6.07) is 4.96. The number of hydrogen-bond donors (Lipinski definition) is 1. The average Bonchev–Trinajstić information content (AvgIpc) is 2.92. The molecule has 8 heteroatoms. The van der Waals surface area contributed by atoms with Gasteiger partial charge in [0, 0.05) is 32.0 Å². The quantitative estimate of drug-likeness (QED) is 0.825. The molecule has 1 aliphatic rings. The average molecular weight is 379 g/mol. The van der Waals surface area contributed by atoms with E-state index in [2.05, 4.69) is 4.74 Å². The molecule has 2 atom stereocenters. The maximum absolute atomic E-state index is 12.5. The van der Waals surface area contributed by atoms with Crippen molar-refractivity contribution in [2.75, 3.05) is 13.1 Å². The van der Waals surface area contributed by atoms with Crippen LogP contribution in [0.1, 0.15) is 38.7 Å². The topological polar surface area (TPSA) is 64.8 Å². The number of nitrogens with zero attached hydrogens (tertiary/aromatic N) is 1. The summed E-state index contributed by atoms with van der Waals surface area (Å²) in [7, 11) is 0. The summed E-state index contributed by atoms with van der Waals surface area (Å²) in [4.78, 5) is 13.5. The zero-order valence-electron chi connectivity index (χ0n) is 14.6. The van der Waals surface area contributed by atoms with Gasteiger partial charge in [-0.2, -0.15) is 8.78 Å². The molecular weight excluding hydrogens is 354 g/mol. The number of carbonyl (C=O) groups excluding carboxylic acids is 1. The van der Waals surface area contributed by atoms with E-state index < -0.39 is 6.61 Å². The predicted molar refractivity (Wildman–Crippen MR) is 93.7 cm³/mol. The van der Waals surface area contributed by atoms with Crippen molar-refractivity contribution in [1.82, 2.24) is 4.90 Å². The molecule has 1 aliphatic heterocycles. The van der Waals surface area contributed by atoms with Crippen LogP contribution < -0.4 is 15.2 Å². The fraction of sp³-hybridized carbons (Fsp3) is 0.588. The van der Waals surface area contributed by atoms with Crippen molar-refractivity contribution in [2.24, 2.45) is 5.73 Å². The van der Waals surface area contributed by atoms with Gasteiger partial charge in [-0.05, 0) is 38.0 Å². The van der Waals surface area contributed by atoms with Gasteiger partial charge in [-0.3, -0.25) is 4.79 Å². The summed E-state index contributed by atoms with van der Waals surface area (Å²) in [5, 5.41) is 0. The molecule has 5 nitrogen and oxygen atoms in total. The molecule has 0 aromatic heterocycles. The number of alkyl halides is 2. The van der Waals surface area contributed by atoms with E-state index in [-0.39, 0.29) is 47.9 Å². The van der Waals surface area contributed by atoms with Crippen LogP contribution in [0.5, 0.6) is 11.5 Å². The van der Waals surface area contributed by atoms with Gasteiger partial charge in [0.05, 0.1) is 6.10 Å². The summed E-state index contributed by atoms with van der Waals surface area (Å²) < 4.78 is 35.2. The molecular formula is C17H25ClF2N2O3. The number of hydrogen-bond acceptors (Lipinski definition) is 4. The molecule has 1 aromatic carbocycles. The van der Waals surface area contributed by atoms with Gasteiger partial charge in [0.25, 0.3) is 0 Å². The molecule has 0 spiro atoms. The Morgan fingerprint density at radius 2 is 2.00 bits per heavy atom. The van der Waals surface area contributed by atoms with Crippen molar-refractivity contribution in [1.29, 1.82) is 0 Å². The zero-order chi connectivity index (χ0) is 17.9. The minimum atomic E-state index is -2.91. The maximum Gasteiger partial charge on any atom is 0.387 e. The van der Waals surface area contributed by atoms with E-state index in [9.17, 15) is 13.6 Å². The number of nitrogens with two attached hydrogens (primary N) is 1. The van der Waals surface area contributed by atoms with Crippen molar-refractivity contribution in [2.45, 2.75) is 51.9 Å². The van der Waals surface area contributed by atoms with Gasteiger partial charge in [0.15, 0.2) is 11.5 Å². The molecule has 1 saturated heterocycles. The first-order valence-corrected chi connectivity index (χ1v) is 8.04. The van der Waals surface area contributed by atoms with Crippen LogP contribution in [-0.2, 0) is 4.79 Å². The largest absolute Gasteiger partial charge is 0.487 e. The first kappa shape index (κ1) is 21.4. The highest BCUT2D eigenvalue weighted by molar-refractivity contribution is 5.85. The molecule has 1 heterocycles. The van der Waals surface area contributed by atoms with Crippen molar-refractivity contribution < 1.29 is 23.0 Å². The number of benzene rings is 1. The van der Waals surface area contributed by atoms with Crippen LogP contribution >= 0.6 is 12.4 Å². The van der Waals surface area contributed by atoms with E-state index in [4.69, 9.17) is 10.5 Å². The van der Waals surface area contributed by atoms with Gasteiger partial charge in [0.2, 0.25) is 5.91 Å². The lowest BCUT2D eigenvalue weighted by Crippen LogP contribution is -2.38. The van der Waals surface area contributed by atoms with Crippen molar-refractivity contribution in [3.05, 3.63) is 23.8 Å². The van der Waals surface area contributed by atoms with Crippen molar-refractivity contribution in [3.63, 3.8) is 0 Å². The first-order chi connectivity index (χ1) is 11.3. The van der Waals surface area contributed by atoms with E-state index in [1.165, 1.54) is 13.0 Å². The van der Waals surface area contributed by atoms with Gasteiger partial charge in [-0.15, -0.1) is 12.4 Å². The van der Waals surface area contributed by atoms with E-state index in [1.54, 1.807) is 17.0 Å². The molecule has 2 rings (SSSR count). The lowest BCUT2D eigenvalue weighted by molar-refractivity contribution is -0.129. The van der Waals surface area contributed by atoms with Crippen LogP contribution in [0.15, 0.2) is 18.2 Å². The molecule has 1 aromatic rings. The Labute approximate surface area is 152 Å². The van der Waals surface area contributed by atoms with Gasteiger partial charge in [-0.1, -0.05) is 6.07 Å². The van der Waals surface area contributed by atoms with E-state index in [1.807, 2.05) is 13.8 Å². The molecule has 1 amide bonds. The number of rotatable bonds is 6. The third kappa shape index (κ3) is 5.44. The smallest absolute Gasteiger partial charge is 0.387 e. The number of ether oxygens (including phenoxy) is 2. The van der Waals surface area contributed by atoms with Gasteiger partial charge in [0.1, 0.15) is 0 Å². The van der Waals surface area contributed by atoms with Crippen LogP contribution in [-0.4, -0.2) is 42.7 Å². The molecule has 0 aliphatic carbocycles. The van der Waals surface area contributed by atoms with Crippen LogP contribution in [0.2, 0.25) is 0 Å². The molecule has 0 unspecified atom stereocenters. The van der Waals surface area contributed by atoms with Crippen LogP contribution in [0.4, 0.5) is 8.78 Å². The standard InChI is InChI=1S/C17H24F2N2O3.ClH/c1-10(2)23-16-7-12(4-5-15(16)24-17(18)19)13-6-14(8-20)21(9-13)11(3)22;/h4-5,7,10,13-14,17H,6,8-9,20H2,1-3H3;1H/t13-,14-;/m1./s1. The fourth-order valence-corrected chi connectivity index (χ4v) is 3.09. The second kappa shape index (κ2) is 9.20. The number of halogens is 3. The maximum atomic E-state index is 12.5. The highest BCUT2D eigenvalue weighted by Gasteiger charge is 2.34. The predicted octanol–water partition coefficient (Wildman–Crippen LogP) is 3.16. The molecule has 2 N–H and O–H groups in total. The first-order valence-electron chi connectivity index (χ1n) is 8.04. The third-order valence-electron chi connectivity index (χ3n) is 4.11. The van der Waals surface area contributed by atoms with Gasteiger partial charge in [-0.25, -0.2) is 0 Å². The minimum absolute atomic E-state index is 0. The Kier molecular flexibility index (Phi) is 7.89. The second-order valence-corrected chi connectivity index (χ2v) is 6.24. The Morgan fingerprint density at radius 1 is 1.32 bits per heavy atom. The Hall–Kier alpha value is -1.60. The summed E-state index contributed by atoms with van der Waals surface area (Å²) in [6.07, 6.45) is 0.570. The highest BCUT2D eigenvalue weighted by atomic mass is 35.5. The summed E-state index contributed by atoms with van der Waals surface area (Å²) in [6.45, 7) is 3.21. The molecule has 1 fully saturated rings. The van der Waals surface area contributed by atoms with Gasteiger partial charge < -0.3 is 20.1 Å². The number of carbonyl (C=O) groups is 1. The molecule has 0 bridgehead atoms. The van der Waals surface area contributed by atoms with Crippen LogP contribution in [0, 0.1) is 0 Å². The summed E-state index contributed by atoms with van der Waals surface area (Å²) in [5.41, 5.74) is 6.68. The lowest BCUT2D eigenvalue weighted by Gasteiger charge is -2.21. The lowest BCUT2D eigenvalue weighted by atomic mass is 9.96. The van der Waals surface area contributed by atoms with Crippen molar-refractivity contribution in [3.8, 4) is 11.5 Å². The third-order valence-corrected chi connectivity index (χ3v) is 4.11. The van der Waals surface area contributed by atoms with E-state index in [0.717, 1.165) is 12.0 Å². The van der Waals surface area contributed by atoms with Crippen LogP contribution in [0.25, 0.3) is 0 Å². The normalized spacial score (nSPS) is 19.9. The summed E-state index contributed by atoms with van der Waals surface area (Å²) in [5.74, 6) is 0.384.